The highest BCUT2D eigenvalue weighted by Gasteiger charge is 2.30. The van der Waals surface area contributed by atoms with Gasteiger partial charge in [0, 0.05) is 40.8 Å². The van der Waals surface area contributed by atoms with Crippen molar-refractivity contribution in [3.63, 3.8) is 0 Å². The summed E-state index contributed by atoms with van der Waals surface area (Å²) in [7, 11) is 3.90. The normalized spacial score (nSPS) is 13.1. The number of nitrogens with zero attached hydrogens (tertiary/aromatic N) is 1. The van der Waals surface area contributed by atoms with E-state index in [1.165, 1.54) is 23.1 Å². The molecule has 0 saturated heterocycles. The van der Waals surface area contributed by atoms with Crippen LogP contribution in [0.4, 0.5) is 16.4 Å². The van der Waals surface area contributed by atoms with Gasteiger partial charge in [-0.05, 0) is 97.8 Å². The number of thioether (sulfide) groups is 1. The number of anilines is 3. The molecule has 1 aliphatic carbocycles. The van der Waals surface area contributed by atoms with Crippen LogP contribution < -0.4 is 20.9 Å². The third kappa shape index (κ3) is 10.1. The number of thiophene rings is 1. The highest BCUT2D eigenvalue weighted by molar-refractivity contribution is 8.00. The van der Waals surface area contributed by atoms with E-state index in [1.807, 2.05) is 85.7 Å². The highest BCUT2D eigenvalue weighted by Crippen LogP contribution is 2.41. The average Bonchev–Trinajstić information content (AvgIpc) is 3.37. The summed E-state index contributed by atoms with van der Waals surface area (Å²) < 4.78 is 5.46. The van der Waals surface area contributed by atoms with Gasteiger partial charge in [0.05, 0.1) is 12.2 Å². The molecule has 1 aliphatic rings. The van der Waals surface area contributed by atoms with Crippen molar-refractivity contribution in [1.29, 1.82) is 0 Å². The van der Waals surface area contributed by atoms with Crippen LogP contribution in [0.5, 0.6) is 0 Å². The van der Waals surface area contributed by atoms with E-state index in [2.05, 4.69) is 16.0 Å². The fourth-order valence-electron chi connectivity index (χ4n) is 6.29. The predicted octanol–water partition coefficient (Wildman–Crippen LogP) is 9.14. The Morgan fingerprint density at radius 1 is 0.836 bits per heavy atom. The lowest BCUT2D eigenvalue weighted by Gasteiger charge is -2.18. The molecule has 55 heavy (non-hydrogen) atoms. The molecule has 3 N–H and O–H groups in total. The highest BCUT2D eigenvalue weighted by atomic mass is 32.2. The summed E-state index contributed by atoms with van der Waals surface area (Å²) >= 11 is 2.80. The van der Waals surface area contributed by atoms with Crippen molar-refractivity contribution in [2.45, 2.75) is 49.2 Å². The van der Waals surface area contributed by atoms with Gasteiger partial charge in [-0.15, -0.1) is 23.1 Å². The van der Waals surface area contributed by atoms with Crippen molar-refractivity contribution in [2.24, 2.45) is 0 Å². The van der Waals surface area contributed by atoms with Gasteiger partial charge >= 0.3 is 5.97 Å². The largest absolute Gasteiger partial charge is 0.462 e. The fraction of sp³-hybridized carbons (Fsp3) is 0.227. The number of rotatable bonds is 13. The van der Waals surface area contributed by atoms with Crippen molar-refractivity contribution in [2.75, 3.05) is 36.2 Å². The van der Waals surface area contributed by atoms with Gasteiger partial charge in [0.15, 0.2) is 0 Å². The monoisotopic (exact) mass is 772 g/mol. The molecule has 0 spiro atoms. The summed E-state index contributed by atoms with van der Waals surface area (Å²) in [5.41, 5.74) is 4.94. The van der Waals surface area contributed by atoms with Crippen LogP contribution in [0.1, 0.15) is 73.7 Å². The lowest BCUT2D eigenvalue weighted by molar-refractivity contribution is -0.116. The van der Waals surface area contributed by atoms with Crippen LogP contribution in [0.2, 0.25) is 0 Å². The fourth-order valence-corrected chi connectivity index (χ4v) is 8.65. The second-order valence-corrected chi connectivity index (χ2v) is 15.5. The second-order valence-electron chi connectivity index (χ2n) is 13.2. The van der Waals surface area contributed by atoms with Gasteiger partial charge in [-0.1, -0.05) is 73.2 Å². The minimum absolute atomic E-state index is 0.0674. The third-order valence-electron chi connectivity index (χ3n) is 9.07. The molecule has 6 rings (SSSR count). The molecule has 0 saturated carbocycles. The van der Waals surface area contributed by atoms with Crippen molar-refractivity contribution in [1.82, 2.24) is 5.32 Å². The average molecular weight is 773 g/mol. The van der Waals surface area contributed by atoms with Gasteiger partial charge < -0.3 is 25.6 Å². The van der Waals surface area contributed by atoms with Crippen molar-refractivity contribution in [3.8, 4) is 0 Å². The lowest BCUT2D eigenvalue weighted by atomic mass is 10.1. The minimum Gasteiger partial charge on any atom is -0.462 e. The molecule has 1 aromatic heterocycles. The van der Waals surface area contributed by atoms with Crippen LogP contribution in [0.3, 0.4) is 0 Å². The number of fused-ring (bicyclic) bond motifs is 1. The Labute approximate surface area is 330 Å². The van der Waals surface area contributed by atoms with Crippen molar-refractivity contribution in [3.05, 3.63) is 148 Å². The van der Waals surface area contributed by atoms with Crippen molar-refractivity contribution < 1.29 is 23.9 Å². The zero-order valence-corrected chi connectivity index (χ0v) is 32.7. The van der Waals surface area contributed by atoms with E-state index < -0.39 is 23.0 Å². The number of carbonyl (C=O) groups is 4. The number of aryl methyl sites for hydroxylation is 1. The van der Waals surface area contributed by atoms with Gasteiger partial charge in [-0.25, -0.2) is 4.79 Å². The van der Waals surface area contributed by atoms with E-state index >= 15 is 0 Å². The van der Waals surface area contributed by atoms with Crippen LogP contribution in [0, 0.1) is 0 Å². The van der Waals surface area contributed by atoms with Gasteiger partial charge in [0.2, 0.25) is 5.91 Å². The SMILES string of the molecule is CCOC(=O)c1c(NC(=O)C(Sc2cccc(NC(=O)/C(=C\c3ccc(N(C)C)cc3)NC(=O)c3ccccc3)c2)c2ccccc2)sc2c1CCCCC2. The Kier molecular flexibility index (Phi) is 13.2. The van der Waals surface area contributed by atoms with E-state index in [0.29, 0.717) is 21.8 Å². The molecule has 0 aliphatic heterocycles. The molecule has 0 bridgehead atoms. The molecule has 4 aromatic carbocycles. The molecule has 1 atom stereocenters. The van der Waals surface area contributed by atoms with E-state index in [9.17, 15) is 19.2 Å². The summed E-state index contributed by atoms with van der Waals surface area (Å²) in [6.45, 7) is 2.02. The quantitative estimate of drug-likeness (QED) is 0.0473. The number of nitrogens with one attached hydrogen (secondary N) is 3. The molecular formula is C44H44N4O5S2. The maximum Gasteiger partial charge on any atom is 0.341 e. The molecule has 0 fully saturated rings. The molecule has 5 aromatic rings. The third-order valence-corrected chi connectivity index (χ3v) is 11.5. The second kappa shape index (κ2) is 18.6. The summed E-state index contributed by atoms with van der Waals surface area (Å²) in [5.74, 6) is -1.61. The first-order valence-electron chi connectivity index (χ1n) is 18.3. The molecular weight excluding hydrogens is 729 g/mol. The first-order valence-corrected chi connectivity index (χ1v) is 20.0. The van der Waals surface area contributed by atoms with Gasteiger partial charge in [0.1, 0.15) is 15.9 Å². The lowest BCUT2D eigenvalue weighted by Crippen LogP contribution is -2.30. The standard InChI is InChI=1S/C44H44N4O5S2/c1-4-53-44(52)38-35-21-12-7-13-22-37(35)55-43(38)47-42(51)39(30-15-8-5-9-16-30)54-34-20-14-19-32(28-34)45-41(50)36(46-40(49)31-17-10-6-11-18-31)27-29-23-25-33(26-24-29)48(2)3/h5-6,8-11,14-20,23-28,39H,4,7,12-13,21-22H2,1-3H3,(H,45,50)(H,46,49)(H,47,51)/b36-27+. The van der Waals surface area contributed by atoms with Crippen LogP contribution >= 0.6 is 23.1 Å². The molecule has 1 unspecified atom stereocenters. The zero-order valence-electron chi connectivity index (χ0n) is 31.1. The predicted molar refractivity (Wildman–Crippen MR) is 223 cm³/mol. The Hall–Kier alpha value is -5.65. The topological polar surface area (TPSA) is 117 Å². The summed E-state index contributed by atoms with van der Waals surface area (Å²) in [6.07, 6.45) is 6.41. The number of hydrogen-bond donors (Lipinski definition) is 3. The van der Waals surface area contributed by atoms with Gasteiger partial charge in [0.25, 0.3) is 11.8 Å². The molecule has 1 heterocycles. The number of hydrogen-bond acceptors (Lipinski definition) is 8. The summed E-state index contributed by atoms with van der Waals surface area (Å²) in [6, 6.07) is 33.0. The van der Waals surface area contributed by atoms with Crippen LogP contribution in [-0.4, -0.2) is 44.4 Å². The molecule has 9 nitrogen and oxygen atoms in total. The van der Waals surface area contributed by atoms with E-state index in [4.69, 9.17) is 4.74 Å². The first kappa shape index (κ1) is 39.1. The number of ether oxygens (including phenoxy) is 1. The van der Waals surface area contributed by atoms with E-state index in [-0.39, 0.29) is 18.2 Å². The summed E-state index contributed by atoms with van der Waals surface area (Å²) in [4.78, 5) is 58.4. The summed E-state index contributed by atoms with van der Waals surface area (Å²) in [5, 5.41) is 8.68. The Morgan fingerprint density at radius 3 is 2.25 bits per heavy atom. The van der Waals surface area contributed by atoms with Crippen LogP contribution in [0.15, 0.2) is 120 Å². The smallest absolute Gasteiger partial charge is 0.341 e. The van der Waals surface area contributed by atoms with Gasteiger partial charge in [-0.3, -0.25) is 14.4 Å². The van der Waals surface area contributed by atoms with Crippen LogP contribution in [-0.2, 0) is 27.2 Å². The van der Waals surface area contributed by atoms with Crippen LogP contribution in [0.25, 0.3) is 6.08 Å². The number of esters is 1. The molecule has 3 amide bonds. The zero-order chi connectivity index (χ0) is 38.7. The minimum atomic E-state index is -0.685. The van der Waals surface area contributed by atoms with Crippen molar-refractivity contribution >= 4 is 69.2 Å². The number of carbonyl (C=O) groups excluding carboxylic acids is 4. The Bertz CT molecular complexity index is 2170. The Morgan fingerprint density at radius 2 is 1.55 bits per heavy atom. The Balaban J connectivity index is 1.25. The van der Waals surface area contributed by atoms with E-state index in [1.54, 1.807) is 55.5 Å². The van der Waals surface area contributed by atoms with Gasteiger partial charge in [-0.2, -0.15) is 0 Å². The molecule has 282 valence electrons. The number of benzene rings is 4. The maximum atomic E-state index is 14.2. The molecule has 11 heteroatoms. The number of amides is 3. The molecule has 0 radical (unpaired) electrons. The maximum absolute atomic E-state index is 14.2. The van der Waals surface area contributed by atoms with E-state index in [0.717, 1.165) is 64.3 Å². The first-order chi connectivity index (χ1) is 26.7.